The van der Waals surface area contributed by atoms with Crippen LogP contribution in [-0.4, -0.2) is 35.1 Å². The van der Waals surface area contributed by atoms with Gasteiger partial charge < -0.3 is 9.64 Å². The van der Waals surface area contributed by atoms with Crippen LogP contribution in [0.15, 0.2) is 18.2 Å². The zero-order chi connectivity index (χ0) is 15.1. The number of hydrogen-bond donors (Lipinski definition) is 0. The first-order valence-electron chi connectivity index (χ1n) is 6.86. The maximum absolute atomic E-state index is 14.1. The van der Waals surface area contributed by atoms with Gasteiger partial charge >= 0.3 is 0 Å². The van der Waals surface area contributed by atoms with E-state index in [0.29, 0.717) is 18.7 Å². The summed E-state index contributed by atoms with van der Waals surface area (Å²) in [7, 11) is 0. The third-order valence-corrected chi connectivity index (χ3v) is 3.41. The molecule has 110 valence electrons. The van der Waals surface area contributed by atoms with Crippen LogP contribution < -0.4 is 0 Å². The van der Waals surface area contributed by atoms with Crippen LogP contribution in [0.3, 0.4) is 0 Å². The molecule has 2 rings (SSSR count). The highest BCUT2D eigenvalue weighted by atomic mass is 19.1. The fourth-order valence-electron chi connectivity index (χ4n) is 2.91. The molecule has 3 nitrogen and oxygen atoms in total. The van der Waals surface area contributed by atoms with E-state index in [-0.39, 0.29) is 11.5 Å². The molecule has 0 atom stereocenters. The van der Waals surface area contributed by atoms with Gasteiger partial charge in [-0.05, 0) is 46.2 Å². The average molecular weight is 279 g/mol. The predicted molar refractivity (Wildman–Crippen MR) is 76.3 cm³/mol. The van der Waals surface area contributed by atoms with E-state index in [1.807, 2.05) is 27.7 Å². The topological polar surface area (TPSA) is 29.5 Å². The molecule has 0 spiro atoms. The van der Waals surface area contributed by atoms with E-state index in [0.717, 1.165) is 0 Å². The maximum atomic E-state index is 14.1. The number of carbonyl (C=O) groups excluding carboxylic acids is 1. The lowest BCUT2D eigenvalue weighted by atomic mass is 9.98. The standard InChI is InChI=1S/C16H22FNO2/c1-11-7-6-8-12(13(11)17)14(19)18-9-15(2,3)20-16(4,5)10-18/h6-8H,9-10H2,1-5H3. The van der Waals surface area contributed by atoms with Crippen molar-refractivity contribution in [2.45, 2.75) is 45.8 Å². The van der Waals surface area contributed by atoms with Crippen molar-refractivity contribution < 1.29 is 13.9 Å². The Bertz CT molecular complexity index is 521. The number of amides is 1. The molecule has 0 unspecified atom stereocenters. The van der Waals surface area contributed by atoms with Crippen LogP contribution in [0.5, 0.6) is 0 Å². The van der Waals surface area contributed by atoms with Crippen molar-refractivity contribution in [1.29, 1.82) is 0 Å². The Balaban J connectivity index is 2.31. The number of morpholine rings is 1. The highest BCUT2D eigenvalue weighted by Gasteiger charge is 2.40. The number of carbonyl (C=O) groups is 1. The Morgan fingerprint density at radius 2 is 1.75 bits per heavy atom. The molecule has 0 bridgehead atoms. The van der Waals surface area contributed by atoms with Crippen molar-refractivity contribution >= 4 is 5.91 Å². The Morgan fingerprint density at radius 3 is 2.30 bits per heavy atom. The monoisotopic (exact) mass is 279 g/mol. The lowest BCUT2D eigenvalue weighted by Gasteiger charge is -2.47. The summed E-state index contributed by atoms with van der Waals surface area (Å²) >= 11 is 0. The molecule has 1 aliphatic heterocycles. The molecule has 1 amide bonds. The molecule has 0 aromatic heterocycles. The normalized spacial score (nSPS) is 20.8. The van der Waals surface area contributed by atoms with Crippen LogP contribution >= 0.6 is 0 Å². The molecule has 1 saturated heterocycles. The molecule has 4 heteroatoms. The second kappa shape index (κ2) is 4.85. The lowest BCUT2D eigenvalue weighted by Crippen LogP contribution is -2.58. The second-order valence-corrected chi connectivity index (χ2v) is 6.72. The summed E-state index contributed by atoms with van der Waals surface area (Å²) in [6, 6.07) is 4.92. The fraction of sp³-hybridized carbons (Fsp3) is 0.562. The van der Waals surface area contributed by atoms with Gasteiger partial charge in [0, 0.05) is 13.1 Å². The number of benzene rings is 1. The van der Waals surface area contributed by atoms with E-state index in [1.165, 1.54) is 0 Å². The van der Waals surface area contributed by atoms with Gasteiger partial charge in [0.25, 0.3) is 5.91 Å². The average Bonchev–Trinajstić information content (AvgIpc) is 2.28. The van der Waals surface area contributed by atoms with Crippen LogP contribution in [0.25, 0.3) is 0 Å². The summed E-state index contributed by atoms with van der Waals surface area (Å²) in [6.07, 6.45) is 0. The Kier molecular flexibility index (Phi) is 3.63. The first-order chi connectivity index (χ1) is 9.11. The Morgan fingerprint density at radius 1 is 1.20 bits per heavy atom. The van der Waals surface area contributed by atoms with Crippen LogP contribution in [0, 0.1) is 12.7 Å². The molecular formula is C16H22FNO2. The number of aryl methyl sites for hydroxylation is 1. The first kappa shape index (κ1) is 15.0. The van der Waals surface area contributed by atoms with Gasteiger partial charge in [-0.3, -0.25) is 4.79 Å². The van der Waals surface area contributed by atoms with Crippen molar-refractivity contribution in [3.05, 3.63) is 35.1 Å². The number of ether oxygens (including phenoxy) is 1. The van der Waals surface area contributed by atoms with Crippen LogP contribution in [0.1, 0.15) is 43.6 Å². The third-order valence-electron chi connectivity index (χ3n) is 3.41. The number of halogens is 1. The Hall–Kier alpha value is -1.42. The number of hydrogen-bond acceptors (Lipinski definition) is 2. The van der Waals surface area contributed by atoms with Gasteiger partial charge in [-0.2, -0.15) is 0 Å². The SMILES string of the molecule is Cc1cccc(C(=O)N2CC(C)(C)OC(C)(C)C2)c1F. The smallest absolute Gasteiger partial charge is 0.257 e. The highest BCUT2D eigenvalue weighted by molar-refractivity contribution is 5.94. The quantitative estimate of drug-likeness (QED) is 0.790. The van der Waals surface area contributed by atoms with E-state index >= 15 is 0 Å². The van der Waals surface area contributed by atoms with Gasteiger partial charge in [-0.25, -0.2) is 4.39 Å². The summed E-state index contributed by atoms with van der Waals surface area (Å²) in [6.45, 7) is 10.4. The van der Waals surface area contributed by atoms with Gasteiger partial charge in [0.05, 0.1) is 16.8 Å². The molecule has 0 N–H and O–H groups in total. The minimum Gasteiger partial charge on any atom is -0.366 e. The van der Waals surface area contributed by atoms with E-state index in [1.54, 1.807) is 30.0 Å². The molecule has 0 radical (unpaired) electrons. The Labute approximate surface area is 119 Å². The summed E-state index contributed by atoms with van der Waals surface area (Å²) in [5.74, 6) is -0.699. The van der Waals surface area contributed by atoms with Gasteiger partial charge in [-0.1, -0.05) is 12.1 Å². The number of nitrogens with zero attached hydrogens (tertiary/aromatic N) is 1. The summed E-state index contributed by atoms with van der Waals surface area (Å²) in [5, 5.41) is 0. The van der Waals surface area contributed by atoms with Gasteiger partial charge in [0.2, 0.25) is 0 Å². The third kappa shape index (κ3) is 3.01. The molecule has 1 aromatic rings. The van der Waals surface area contributed by atoms with Crippen molar-refractivity contribution in [2.75, 3.05) is 13.1 Å². The summed E-state index contributed by atoms with van der Waals surface area (Å²) in [5.41, 5.74) is -0.240. The van der Waals surface area contributed by atoms with Crippen LogP contribution in [-0.2, 0) is 4.74 Å². The first-order valence-corrected chi connectivity index (χ1v) is 6.86. The van der Waals surface area contributed by atoms with E-state index in [9.17, 15) is 9.18 Å². The minimum absolute atomic E-state index is 0.137. The molecule has 1 fully saturated rings. The fourth-order valence-corrected chi connectivity index (χ4v) is 2.91. The van der Waals surface area contributed by atoms with Crippen molar-refractivity contribution in [2.24, 2.45) is 0 Å². The van der Waals surface area contributed by atoms with Crippen LogP contribution in [0.2, 0.25) is 0 Å². The zero-order valence-corrected chi connectivity index (χ0v) is 12.8. The van der Waals surface area contributed by atoms with E-state index in [4.69, 9.17) is 4.74 Å². The molecule has 1 aromatic carbocycles. The van der Waals surface area contributed by atoms with E-state index in [2.05, 4.69) is 0 Å². The summed E-state index contributed by atoms with van der Waals surface area (Å²) in [4.78, 5) is 14.3. The largest absolute Gasteiger partial charge is 0.366 e. The van der Waals surface area contributed by atoms with Crippen molar-refractivity contribution in [1.82, 2.24) is 4.90 Å². The molecular weight excluding hydrogens is 257 g/mol. The summed E-state index contributed by atoms with van der Waals surface area (Å²) < 4.78 is 20.1. The van der Waals surface area contributed by atoms with Crippen molar-refractivity contribution in [3.63, 3.8) is 0 Å². The van der Waals surface area contributed by atoms with E-state index < -0.39 is 17.0 Å². The van der Waals surface area contributed by atoms with Gasteiger partial charge in [0.1, 0.15) is 5.82 Å². The number of rotatable bonds is 1. The predicted octanol–water partition coefficient (Wildman–Crippen LogP) is 3.16. The molecule has 20 heavy (non-hydrogen) atoms. The molecule has 0 aliphatic carbocycles. The highest BCUT2D eigenvalue weighted by Crippen LogP contribution is 2.29. The zero-order valence-electron chi connectivity index (χ0n) is 12.8. The molecule has 0 saturated carbocycles. The minimum atomic E-state index is -0.433. The van der Waals surface area contributed by atoms with Crippen LogP contribution in [0.4, 0.5) is 4.39 Å². The van der Waals surface area contributed by atoms with Gasteiger partial charge in [-0.15, -0.1) is 0 Å². The molecule has 1 heterocycles. The van der Waals surface area contributed by atoms with Gasteiger partial charge in [0.15, 0.2) is 0 Å². The molecule has 1 aliphatic rings. The van der Waals surface area contributed by atoms with Crippen molar-refractivity contribution in [3.8, 4) is 0 Å². The lowest BCUT2D eigenvalue weighted by molar-refractivity contribution is -0.171. The maximum Gasteiger partial charge on any atom is 0.257 e. The second-order valence-electron chi connectivity index (χ2n) is 6.72.